The van der Waals surface area contributed by atoms with Crippen LogP contribution in [-0.4, -0.2) is 51.4 Å². The molecule has 7 nitrogen and oxygen atoms in total. The fourth-order valence-corrected chi connectivity index (χ4v) is 2.40. The number of nitrogens with zero attached hydrogens (tertiary/aromatic N) is 4. The van der Waals surface area contributed by atoms with Crippen molar-refractivity contribution in [1.82, 2.24) is 20.0 Å². The van der Waals surface area contributed by atoms with Gasteiger partial charge >= 0.3 is 0 Å². The second-order valence-corrected chi connectivity index (χ2v) is 4.99. The Labute approximate surface area is 122 Å². The van der Waals surface area contributed by atoms with Crippen molar-refractivity contribution in [2.45, 2.75) is 19.4 Å². The van der Waals surface area contributed by atoms with E-state index >= 15 is 0 Å². The molecule has 1 aliphatic rings. The molecule has 0 spiro atoms. The van der Waals surface area contributed by atoms with E-state index in [4.69, 9.17) is 9.26 Å². The van der Waals surface area contributed by atoms with Crippen LogP contribution in [0.2, 0.25) is 0 Å². The SMILES string of the molecule is CCCN1CCOC(c2noc(-c3ncccc3O)n2)C1. The van der Waals surface area contributed by atoms with Crippen LogP contribution in [0, 0.1) is 0 Å². The van der Waals surface area contributed by atoms with Crippen LogP contribution in [0.5, 0.6) is 5.75 Å². The Morgan fingerprint density at radius 3 is 3.19 bits per heavy atom. The maximum atomic E-state index is 9.77. The zero-order valence-corrected chi connectivity index (χ0v) is 11.9. The summed E-state index contributed by atoms with van der Waals surface area (Å²) in [5, 5.41) is 13.7. The third kappa shape index (κ3) is 3.03. The lowest BCUT2D eigenvalue weighted by Gasteiger charge is -2.30. The van der Waals surface area contributed by atoms with E-state index in [2.05, 4.69) is 26.9 Å². The summed E-state index contributed by atoms with van der Waals surface area (Å²) in [5.74, 6) is 0.722. The first-order valence-electron chi connectivity index (χ1n) is 7.10. The van der Waals surface area contributed by atoms with E-state index in [-0.39, 0.29) is 23.4 Å². The summed E-state index contributed by atoms with van der Waals surface area (Å²) in [7, 11) is 0. The minimum absolute atomic E-state index is 0.0184. The number of ether oxygens (including phenoxy) is 1. The van der Waals surface area contributed by atoms with Gasteiger partial charge in [-0.1, -0.05) is 12.1 Å². The first-order chi connectivity index (χ1) is 10.3. The highest BCUT2D eigenvalue weighted by atomic mass is 16.5. The smallest absolute Gasteiger partial charge is 0.280 e. The number of hydrogen-bond donors (Lipinski definition) is 1. The Kier molecular flexibility index (Phi) is 4.12. The molecule has 1 fully saturated rings. The zero-order valence-electron chi connectivity index (χ0n) is 11.9. The lowest BCUT2D eigenvalue weighted by Crippen LogP contribution is -2.39. The molecule has 2 aromatic rings. The Hall–Kier alpha value is -1.99. The average molecular weight is 290 g/mol. The van der Waals surface area contributed by atoms with Crippen molar-refractivity contribution in [3.63, 3.8) is 0 Å². The van der Waals surface area contributed by atoms with Crippen LogP contribution < -0.4 is 0 Å². The minimum atomic E-state index is -0.200. The van der Waals surface area contributed by atoms with Crippen LogP contribution in [0.3, 0.4) is 0 Å². The molecule has 0 radical (unpaired) electrons. The van der Waals surface area contributed by atoms with Gasteiger partial charge in [0, 0.05) is 19.3 Å². The Balaban J connectivity index is 1.77. The van der Waals surface area contributed by atoms with Crippen LogP contribution in [0.4, 0.5) is 0 Å². The molecule has 0 saturated carbocycles. The molecule has 2 aromatic heterocycles. The maximum Gasteiger partial charge on any atom is 0.280 e. The van der Waals surface area contributed by atoms with E-state index in [0.29, 0.717) is 12.4 Å². The molecule has 0 amide bonds. The fraction of sp³-hybridized carbons (Fsp3) is 0.500. The van der Waals surface area contributed by atoms with E-state index in [1.165, 1.54) is 6.07 Å². The van der Waals surface area contributed by atoms with Gasteiger partial charge < -0.3 is 14.4 Å². The van der Waals surface area contributed by atoms with Crippen LogP contribution in [0.1, 0.15) is 25.3 Å². The van der Waals surface area contributed by atoms with E-state index in [1.807, 2.05) is 0 Å². The van der Waals surface area contributed by atoms with Crippen molar-refractivity contribution in [3.8, 4) is 17.3 Å². The van der Waals surface area contributed by atoms with Gasteiger partial charge in [0.2, 0.25) is 5.82 Å². The van der Waals surface area contributed by atoms with Crippen LogP contribution >= 0.6 is 0 Å². The molecule has 112 valence electrons. The third-order valence-corrected chi connectivity index (χ3v) is 3.41. The number of hydrogen-bond acceptors (Lipinski definition) is 7. The van der Waals surface area contributed by atoms with Gasteiger partial charge in [-0.15, -0.1) is 0 Å². The van der Waals surface area contributed by atoms with Gasteiger partial charge in [-0.2, -0.15) is 4.98 Å². The number of pyridine rings is 1. The summed E-state index contributed by atoms with van der Waals surface area (Å²) in [5.41, 5.74) is 0.289. The molecule has 1 unspecified atom stereocenters. The first-order valence-corrected chi connectivity index (χ1v) is 7.10. The summed E-state index contributed by atoms with van der Waals surface area (Å²) in [4.78, 5) is 10.7. The summed E-state index contributed by atoms with van der Waals surface area (Å²) >= 11 is 0. The van der Waals surface area contributed by atoms with E-state index in [1.54, 1.807) is 12.3 Å². The summed E-state index contributed by atoms with van der Waals surface area (Å²) in [6, 6.07) is 3.18. The normalized spacial score (nSPS) is 19.8. The molecule has 3 rings (SSSR count). The Morgan fingerprint density at radius 2 is 2.38 bits per heavy atom. The van der Waals surface area contributed by atoms with E-state index in [0.717, 1.165) is 26.1 Å². The minimum Gasteiger partial charge on any atom is -0.505 e. The fourth-order valence-electron chi connectivity index (χ4n) is 2.40. The van der Waals surface area contributed by atoms with Gasteiger partial charge in [0.05, 0.1) is 6.61 Å². The monoisotopic (exact) mass is 290 g/mol. The molecule has 1 N–H and O–H groups in total. The van der Waals surface area contributed by atoms with Gasteiger partial charge in [-0.3, -0.25) is 4.90 Å². The number of aromatic hydroxyl groups is 1. The van der Waals surface area contributed by atoms with Crippen molar-refractivity contribution in [1.29, 1.82) is 0 Å². The largest absolute Gasteiger partial charge is 0.505 e. The Bertz CT molecular complexity index is 599. The predicted octanol–water partition coefficient (Wildman–Crippen LogP) is 1.62. The molecule has 1 aliphatic heterocycles. The van der Waals surface area contributed by atoms with Gasteiger partial charge in [0.15, 0.2) is 5.69 Å². The molecule has 1 atom stereocenters. The molecule has 0 aromatic carbocycles. The molecule has 0 aliphatic carbocycles. The molecular weight excluding hydrogens is 272 g/mol. The summed E-state index contributed by atoms with van der Waals surface area (Å²) < 4.78 is 10.9. The molecule has 0 bridgehead atoms. The van der Waals surface area contributed by atoms with E-state index in [9.17, 15) is 5.11 Å². The summed E-state index contributed by atoms with van der Waals surface area (Å²) in [6.07, 6.45) is 2.47. The second kappa shape index (κ2) is 6.19. The molecule has 3 heterocycles. The highest BCUT2D eigenvalue weighted by Crippen LogP contribution is 2.27. The van der Waals surface area contributed by atoms with Gasteiger partial charge in [-0.25, -0.2) is 4.98 Å². The number of rotatable bonds is 4. The lowest BCUT2D eigenvalue weighted by molar-refractivity contribution is -0.0350. The molecule has 21 heavy (non-hydrogen) atoms. The predicted molar refractivity (Wildman–Crippen MR) is 74.6 cm³/mol. The van der Waals surface area contributed by atoms with Crippen molar-refractivity contribution in [3.05, 3.63) is 24.2 Å². The quantitative estimate of drug-likeness (QED) is 0.915. The van der Waals surface area contributed by atoms with Crippen LogP contribution in [-0.2, 0) is 4.74 Å². The van der Waals surface area contributed by atoms with Crippen molar-refractivity contribution in [2.24, 2.45) is 0 Å². The maximum absolute atomic E-state index is 9.77. The van der Waals surface area contributed by atoms with Crippen molar-refractivity contribution in [2.75, 3.05) is 26.2 Å². The van der Waals surface area contributed by atoms with Gasteiger partial charge in [0.25, 0.3) is 5.89 Å². The van der Waals surface area contributed by atoms with Crippen LogP contribution in [0.25, 0.3) is 11.6 Å². The molecule has 1 saturated heterocycles. The molecular formula is C14H18N4O3. The highest BCUT2D eigenvalue weighted by molar-refractivity contribution is 5.55. The van der Waals surface area contributed by atoms with Gasteiger partial charge in [0.1, 0.15) is 11.9 Å². The second-order valence-electron chi connectivity index (χ2n) is 4.99. The highest BCUT2D eigenvalue weighted by Gasteiger charge is 2.26. The van der Waals surface area contributed by atoms with Gasteiger partial charge in [-0.05, 0) is 25.1 Å². The average Bonchev–Trinajstić information content (AvgIpc) is 2.98. The first kappa shape index (κ1) is 14.0. The molecule has 7 heteroatoms. The van der Waals surface area contributed by atoms with E-state index < -0.39 is 0 Å². The standard InChI is InChI=1S/C14H18N4O3/c1-2-6-18-7-8-20-11(9-18)13-16-14(21-17-13)12-10(19)4-3-5-15-12/h3-5,11,19H,2,6-9H2,1H3. The topological polar surface area (TPSA) is 84.5 Å². The van der Waals surface area contributed by atoms with Crippen LogP contribution in [0.15, 0.2) is 22.9 Å². The van der Waals surface area contributed by atoms with Crippen molar-refractivity contribution < 1.29 is 14.4 Å². The number of morpholine rings is 1. The summed E-state index contributed by atoms with van der Waals surface area (Å²) in [6.45, 7) is 5.52. The third-order valence-electron chi connectivity index (χ3n) is 3.41. The van der Waals surface area contributed by atoms with Crippen molar-refractivity contribution >= 4 is 0 Å². The lowest BCUT2D eigenvalue weighted by atomic mass is 10.2. The Morgan fingerprint density at radius 1 is 1.48 bits per heavy atom. The zero-order chi connectivity index (χ0) is 14.7. The number of aromatic nitrogens is 3.